The molecule has 2 rings (SSSR count). The van der Waals surface area contributed by atoms with Gasteiger partial charge in [-0.25, -0.2) is 0 Å². The van der Waals surface area contributed by atoms with Crippen LogP contribution in [0.2, 0.25) is 0 Å². The number of nitrogens with one attached hydrogen (secondary N) is 1. The Morgan fingerprint density at radius 2 is 2.05 bits per heavy atom. The van der Waals surface area contributed by atoms with Gasteiger partial charge in [-0.15, -0.1) is 0 Å². The Balaban J connectivity index is 2.02. The third-order valence-corrected chi connectivity index (χ3v) is 4.26. The molecule has 9 N–H and O–H groups in total. The molecule has 0 bridgehead atoms. The molecule has 0 aromatic heterocycles. The number of hydrogen-bond acceptors (Lipinski definition) is 9. The summed E-state index contributed by atoms with van der Waals surface area (Å²) in [6, 6.07) is -0.279. The zero-order valence-electron chi connectivity index (χ0n) is 12.6. The van der Waals surface area contributed by atoms with Gasteiger partial charge in [0, 0.05) is 18.6 Å². The highest BCUT2D eigenvalue weighted by atomic mass is 16.7. The smallest absolute Gasteiger partial charge is 0.185 e. The van der Waals surface area contributed by atoms with Crippen LogP contribution in [0.5, 0.6) is 0 Å². The first-order valence-corrected chi connectivity index (χ1v) is 7.56. The fraction of sp³-hybridized carbons (Fsp3) is 1.00. The standard InChI is InChI=1S/C13H27N3O6/c1-5(18)9(4-17)21-13(8(19)3-14)22-12-6(15)2-7-10(16-7)11(12)20/h5-13,16-20H,2-4,14-15H2,1H3/t5-,6+,7-,8-,9?,10?,11?,12?,13?/m0/s1. The van der Waals surface area contributed by atoms with Gasteiger partial charge in [0.15, 0.2) is 6.29 Å². The summed E-state index contributed by atoms with van der Waals surface area (Å²) in [4.78, 5) is 0. The number of rotatable bonds is 8. The van der Waals surface area contributed by atoms with E-state index in [0.29, 0.717) is 6.42 Å². The molecule has 0 aromatic rings. The van der Waals surface area contributed by atoms with E-state index in [1.54, 1.807) is 0 Å². The molecule has 1 heterocycles. The van der Waals surface area contributed by atoms with E-state index < -0.39 is 49.5 Å². The highest BCUT2D eigenvalue weighted by Gasteiger charge is 2.53. The first-order valence-electron chi connectivity index (χ1n) is 7.56. The number of nitrogens with two attached hydrogens (primary N) is 2. The molecule has 0 radical (unpaired) electrons. The van der Waals surface area contributed by atoms with Crippen molar-refractivity contribution in [2.45, 2.75) is 68.3 Å². The molecule has 130 valence electrons. The van der Waals surface area contributed by atoms with E-state index in [-0.39, 0.29) is 18.6 Å². The van der Waals surface area contributed by atoms with Gasteiger partial charge in [-0.2, -0.15) is 0 Å². The van der Waals surface area contributed by atoms with Gasteiger partial charge in [-0.1, -0.05) is 0 Å². The van der Waals surface area contributed by atoms with Crippen LogP contribution in [0, 0.1) is 0 Å². The normalized spacial score (nSPS) is 39.7. The Morgan fingerprint density at radius 1 is 1.36 bits per heavy atom. The molecule has 0 amide bonds. The molecule has 1 aliphatic heterocycles. The van der Waals surface area contributed by atoms with Gasteiger partial charge >= 0.3 is 0 Å². The monoisotopic (exact) mass is 321 g/mol. The fourth-order valence-electron chi connectivity index (χ4n) is 2.77. The summed E-state index contributed by atoms with van der Waals surface area (Å²) in [5, 5.41) is 42.0. The van der Waals surface area contributed by atoms with Crippen LogP contribution in [0.1, 0.15) is 13.3 Å². The first kappa shape index (κ1) is 18.0. The van der Waals surface area contributed by atoms with Gasteiger partial charge in [-0.3, -0.25) is 0 Å². The summed E-state index contributed by atoms with van der Waals surface area (Å²) in [5.74, 6) is 0. The number of aliphatic hydroxyl groups excluding tert-OH is 4. The quantitative estimate of drug-likeness (QED) is 0.175. The van der Waals surface area contributed by atoms with Gasteiger partial charge in [0.2, 0.25) is 0 Å². The second-order valence-corrected chi connectivity index (χ2v) is 6.06. The lowest BCUT2D eigenvalue weighted by molar-refractivity contribution is -0.264. The summed E-state index contributed by atoms with van der Waals surface area (Å²) < 4.78 is 11.1. The average Bonchev–Trinajstić information content (AvgIpc) is 3.24. The van der Waals surface area contributed by atoms with Crippen molar-refractivity contribution in [2.75, 3.05) is 13.2 Å². The van der Waals surface area contributed by atoms with Crippen LogP contribution in [0.15, 0.2) is 0 Å². The largest absolute Gasteiger partial charge is 0.394 e. The molecule has 1 aliphatic carbocycles. The van der Waals surface area contributed by atoms with E-state index in [9.17, 15) is 20.4 Å². The van der Waals surface area contributed by atoms with Crippen molar-refractivity contribution >= 4 is 0 Å². The SMILES string of the molecule is C[C@H](O)C(CO)OC(OC1C(O)C2N[C@H]2C[C@H]1N)[C@@H](O)CN. The van der Waals surface area contributed by atoms with Crippen LogP contribution in [-0.4, -0.2) is 88.5 Å². The van der Waals surface area contributed by atoms with E-state index in [1.165, 1.54) is 6.92 Å². The number of fused-ring (bicyclic) bond motifs is 1. The Hall–Kier alpha value is -0.360. The molecule has 9 heteroatoms. The van der Waals surface area contributed by atoms with Crippen molar-refractivity contribution in [3.8, 4) is 0 Å². The molecule has 2 fully saturated rings. The van der Waals surface area contributed by atoms with Crippen molar-refractivity contribution < 1.29 is 29.9 Å². The van der Waals surface area contributed by atoms with E-state index in [1.807, 2.05) is 0 Å². The summed E-state index contributed by atoms with van der Waals surface area (Å²) in [7, 11) is 0. The van der Waals surface area contributed by atoms with Gasteiger partial charge < -0.3 is 46.7 Å². The predicted molar refractivity (Wildman–Crippen MR) is 76.7 cm³/mol. The minimum atomic E-state index is -1.20. The maximum atomic E-state index is 10.2. The molecule has 2 aliphatic rings. The van der Waals surface area contributed by atoms with Crippen LogP contribution in [0.3, 0.4) is 0 Å². The van der Waals surface area contributed by atoms with Crippen molar-refractivity contribution in [3.05, 3.63) is 0 Å². The molecular weight excluding hydrogens is 294 g/mol. The van der Waals surface area contributed by atoms with E-state index in [2.05, 4.69) is 5.32 Å². The lowest BCUT2D eigenvalue weighted by Crippen LogP contribution is -2.56. The maximum absolute atomic E-state index is 10.2. The molecule has 9 nitrogen and oxygen atoms in total. The summed E-state index contributed by atoms with van der Waals surface area (Å²) >= 11 is 0. The summed E-state index contributed by atoms with van der Waals surface area (Å²) in [5.41, 5.74) is 11.4. The lowest BCUT2D eigenvalue weighted by Gasteiger charge is -2.37. The minimum Gasteiger partial charge on any atom is -0.394 e. The Morgan fingerprint density at radius 3 is 2.59 bits per heavy atom. The second-order valence-electron chi connectivity index (χ2n) is 6.06. The minimum absolute atomic E-state index is 0.0640. The zero-order chi connectivity index (χ0) is 16.4. The lowest BCUT2D eigenvalue weighted by atomic mass is 9.90. The van der Waals surface area contributed by atoms with Crippen molar-refractivity contribution in [1.29, 1.82) is 0 Å². The molecule has 0 spiro atoms. The van der Waals surface area contributed by atoms with Crippen molar-refractivity contribution in [2.24, 2.45) is 11.5 Å². The first-order chi connectivity index (χ1) is 10.4. The van der Waals surface area contributed by atoms with E-state index in [0.717, 1.165) is 0 Å². The average molecular weight is 321 g/mol. The summed E-state index contributed by atoms with van der Waals surface area (Å²) in [6.07, 6.45) is -5.15. The van der Waals surface area contributed by atoms with Gasteiger partial charge in [-0.05, 0) is 13.3 Å². The van der Waals surface area contributed by atoms with Gasteiger partial charge in [0.05, 0.1) is 24.9 Å². The highest BCUT2D eigenvalue weighted by Crippen LogP contribution is 2.31. The predicted octanol–water partition coefficient (Wildman–Crippen LogP) is -3.79. The Kier molecular flexibility index (Phi) is 6.11. The van der Waals surface area contributed by atoms with Gasteiger partial charge in [0.25, 0.3) is 0 Å². The van der Waals surface area contributed by atoms with Crippen LogP contribution < -0.4 is 16.8 Å². The van der Waals surface area contributed by atoms with Crippen LogP contribution >= 0.6 is 0 Å². The molecule has 22 heavy (non-hydrogen) atoms. The fourth-order valence-corrected chi connectivity index (χ4v) is 2.77. The Labute approximate surface area is 129 Å². The van der Waals surface area contributed by atoms with E-state index in [4.69, 9.17) is 20.9 Å². The summed E-state index contributed by atoms with van der Waals surface area (Å²) in [6.45, 7) is 0.873. The molecule has 1 saturated carbocycles. The number of hydrogen-bond donors (Lipinski definition) is 7. The third-order valence-electron chi connectivity index (χ3n) is 4.26. The van der Waals surface area contributed by atoms with E-state index >= 15 is 0 Å². The van der Waals surface area contributed by atoms with Crippen LogP contribution in [0.4, 0.5) is 0 Å². The molecule has 0 aromatic carbocycles. The highest BCUT2D eigenvalue weighted by molar-refractivity contribution is 5.12. The maximum Gasteiger partial charge on any atom is 0.185 e. The molecule has 9 atom stereocenters. The topological polar surface area (TPSA) is 173 Å². The third kappa shape index (κ3) is 3.94. The van der Waals surface area contributed by atoms with Crippen molar-refractivity contribution in [3.63, 3.8) is 0 Å². The number of aliphatic hydroxyl groups is 4. The van der Waals surface area contributed by atoms with Crippen LogP contribution in [0.25, 0.3) is 0 Å². The molecular formula is C13H27N3O6. The van der Waals surface area contributed by atoms with Crippen molar-refractivity contribution in [1.82, 2.24) is 5.32 Å². The molecule has 5 unspecified atom stereocenters. The van der Waals surface area contributed by atoms with Crippen LogP contribution in [-0.2, 0) is 9.47 Å². The zero-order valence-corrected chi connectivity index (χ0v) is 12.6. The second kappa shape index (κ2) is 7.47. The number of ether oxygens (including phenoxy) is 2. The van der Waals surface area contributed by atoms with Gasteiger partial charge in [0.1, 0.15) is 18.3 Å². The Bertz CT molecular complexity index is 361. The molecule has 1 saturated heterocycles.